The minimum atomic E-state index is -4.59. The van der Waals surface area contributed by atoms with Crippen LogP contribution in [0.25, 0.3) is 6.08 Å². The lowest BCUT2D eigenvalue weighted by Gasteiger charge is -2.17. The number of hydrogen-bond donors (Lipinski definition) is 1. The van der Waals surface area contributed by atoms with Crippen LogP contribution in [0.3, 0.4) is 0 Å². The Morgan fingerprint density at radius 3 is 2.51 bits per heavy atom. The summed E-state index contributed by atoms with van der Waals surface area (Å²) in [6, 6.07) is 14.8. The van der Waals surface area contributed by atoms with E-state index < -0.39 is 35.3 Å². The molecule has 1 saturated heterocycles. The second-order valence-corrected chi connectivity index (χ2v) is 10.7. The Morgan fingerprint density at radius 2 is 1.84 bits per heavy atom. The number of allylic oxidation sites excluding steroid dienone is 1. The lowest BCUT2D eigenvalue weighted by Crippen LogP contribution is -2.36. The van der Waals surface area contributed by atoms with E-state index in [-0.39, 0.29) is 17.2 Å². The number of amides is 3. The van der Waals surface area contributed by atoms with Crippen molar-refractivity contribution >= 4 is 52.2 Å². The van der Waals surface area contributed by atoms with Crippen molar-refractivity contribution < 1.29 is 37.0 Å². The summed E-state index contributed by atoms with van der Waals surface area (Å²) in [5.74, 6) is -0.590. The fourth-order valence-electron chi connectivity index (χ4n) is 4.14. The zero-order valence-electron chi connectivity index (χ0n) is 22.9. The van der Waals surface area contributed by atoms with Gasteiger partial charge in [-0.05, 0) is 84.8 Å². The zero-order chi connectivity index (χ0) is 31.1. The lowest BCUT2D eigenvalue weighted by atomic mass is 10.0. The van der Waals surface area contributed by atoms with Crippen molar-refractivity contribution in [3.63, 3.8) is 0 Å². The predicted octanol–water partition coefficient (Wildman–Crippen LogP) is 7.74. The Hall–Kier alpha value is -4.22. The van der Waals surface area contributed by atoms with Gasteiger partial charge in [0.1, 0.15) is 13.2 Å². The molecule has 7 nitrogen and oxygen atoms in total. The van der Waals surface area contributed by atoms with Gasteiger partial charge in [0.05, 0.1) is 17.1 Å². The number of alkyl halides is 3. The quantitative estimate of drug-likeness (QED) is 0.172. The van der Waals surface area contributed by atoms with Crippen LogP contribution in [0, 0.1) is 0 Å². The maximum Gasteiger partial charge on any atom is 0.416 e. The molecule has 0 saturated carbocycles. The molecular weight excluding hydrogens is 605 g/mol. The summed E-state index contributed by atoms with van der Waals surface area (Å²) in [4.78, 5) is 39.0. The van der Waals surface area contributed by atoms with E-state index in [4.69, 9.17) is 21.1 Å². The van der Waals surface area contributed by atoms with Crippen molar-refractivity contribution in [2.24, 2.45) is 0 Å². The molecule has 4 rings (SSSR count). The van der Waals surface area contributed by atoms with E-state index in [0.29, 0.717) is 46.9 Å². The third-order valence-electron chi connectivity index (χ3n) is 6.06. The number of halogens is 4. The average Bonchev–Trinajstić information content (AvgIpc) is 3.20. The van der Waals surface area contributed by atoms with Gasteiger partial charge in [-0.1, -0.05) is 35.9 Å². The van der Waals surface area contributed by atoms with Crippen molar-refractivity contribution in [2.75, 3.05) is 18.5 Å². The van der Waals surface area contributed by atoms with Gasteiger partial charge < -0.3 is 14.8 Å². The third-order valence-corrected chi connectivity index (χ3v) is 7.22. The molecule has 1 N–H and O–H groups in total. The predicted molar refractivity (Wildman–Crippen MR) is 160 cm³/mol. The van der Waals surface area contributed by atoms with Crippen molar-refractivity contribution in [2.45, 2.75) is 26.1 Å². The molecule has 43 heavy (non-hydrogen) atoms. The molecule has 0 radical (unpaired) electrons. The molecule has 0 bridgehead atoms. The molecule has 1 aliphatic rings. The maximum atomic E-state index is 13.1. The largest absolute Gasteiger partial charge is 0.490 e. The highest BCUT2D eigenvalue weighted by molar-refractivity contribution is 8.18. The molecule has 3 aromatic carbocycles. The maximum absolute atomic E-state index is 13.1. The molecule has 3 aromatic rings. The smallest absolute Gasteiger partial charge is 0.416 e. The summed E-state index contributed by atoms with van der Waals surface area (Å²) >= 11 is 6.62. The van der Waals surface area contributed by atoms with Gasteiger partial charge in [-0.15, -0.1) is 6.58 Å². The molecule has 1 fully saturated rings. The van der Waals surface area contributed by atoms with E-state index in [1.54, 1.807) is 30.3 Å². The van der Waals surface area contributed by atoms with Crippen LogP contribution in [0.5, 0.6) is 11.5 Å². The number of ether oxygens (including phenoxy) is 2. The summed E-state index contributed by atoms with van der Waals surface area (Å²) in [7, 11) is 0. The van der Waals surface area contributed by atoms with E-state index in [2.05, 4.69) is 11.9 Å². The summed E-state index contributed by atoms with van der Waals surface area (Å²) in [5, 5.41) is 2.22. The first-order valence-corrected chi connectivity index (χ1v) is 14.2. The molecule has 224 valence electrons. The monoisotopic (exact) mass is 630 g/mol. The van der Waals surface area contributed by atoms with Crippen molar-refractivity contribution in [1.29, 1.82) is 0 Å². The minimum absolute atomic E-state index is 0.0682. The Labute approximate surface area is 255 Å². The van der Waals surface area contributed by atoms with Crippen LogP contribution in [0.1, 0.15) is 29.2 Å². The summed E-state index contributed by atoms with van der Waals surface area (Å²) in [6.45, 7) is 5.55. The van der Waals surface area contributed by atoms with Gasteiger partial charge in [-0.3, -0.25) is 19.3 Å². The molecular formula is C31H26ClF3N2O5S. The Balaban J connectivity index is 1.52. The van der Waals surface area contributed by atoms with Crippen molar-refractivity contribution in [3.8, 4) is 11.5 Å². The lowest BCUT2D eigenvalue weighted by molar-refractivity contribution is -0.137. The highest BCUT2D eigenvalue weighted by Gasteiger charge is 2.36. The molecule has 1 heterocycles. The van der Waals surface area contributed by atoms with Crippen molar-refractivity contribution in [3.05, 3.63) is 106 Å². The molecule has 0 aromatic heterocycles. The van der Waals surface area contributed by atoms with Crippen LogP contribution in [0.2, 0.25) is 5.02 Å². The summed E-state index contributed by atoms with van der Waals surface area (Å²) in [5.41, 5.74) is 1.13. The van der Waals surface area contributed by atoms with Gasteiger partial charge >= 0.3 is 6.18 Å². The van der Waals surface area contributed by atoms with Crippen LogP contribution in [0.4, 0.5) is 23.7 Å². The van der Waals surface area contributed by atoms with Gasteiger partial charge in [-0.2, -0.15) is 13.2 Å². The summed E-state index contributed by atoms with van der Waals surface area (Å²) in [6.07, 6.45) is -0.962. The summed E-state index contributed by atoms with van der Waals surface area (Å²) < 4.78 is 50.9. The number of nitrogens with zero attached hydrogens (tertiary/aromatic N) is 1. The number of carbonyl (C=O) groups is 3. The second-order valence-electron chi connectivity index (χ2n) is 9.24. The highest BCUT2D eigenvalue weighted by atomic mass is 35.5. The fraction of sp³-hybridized carbons (Fsp3) is 0.194. The van der Waals surface area contributed by atoms with Gasteiger partial charge in [0.2, 0.25) is 5.91 Å². The van der Waals surface area contributed by atoms with Crippen LogP contribution < -0.4 is 14.8 Å². The third kappa shape index (κ3) is 8.20. The number of rotatable bonds is 11. The van der Waals surface area contributed by atoms with Crippen molar-refractivity contribution in [1.82, 2.24) is 4.90 Å². The Morgan fingerprint density at radius 1 is 1.09 bits per heavy atom. The van der Waals surface area contributed by atoms with E-state index in [1.165, 1.54) is 12.1 Å². The van der Waals surface area contributed by atoms with Crippen LogP contribution in [-0.2, 0) is 28.8 Å². The molecule has 1 aliphatic heterocycles. The van der Waals surface area contributed by atoms with E-state index in [9.17, 15) is 27.6 Å². The molecule has 3 amide bonds. The highest BCUT2D eigenvalue weighted by Crippen LogP contribution is 2.38. The second kappa shape index (κ2) is 13.8. The SMILES string of the molecule is C=CCc1cc(/C=C2\SC(=O)N(CC(=O)Nc3cccc(C(F)(F)F)c3)C2=O)cc(OCC)c1OCc1ccc(Cl)cc1. The topological polar surface area (TPSA) is 84.9 Å². The fourth-order valence-corrected chi connectivity index (χ4v) is 5.11. The Bertz CT molecular complexity index is 1570. The first-order chi connectivity index (χ1) is 20.5. The average molecular weight is 631 g/mol. The molecule has 0 spiro atoms. The molecule has 0 aliphatic carbocycles. The van der Waals surface area contributed by atoms with Gasteiger partial charge in [0.15, 0.2) is 11.5 Å². The number of hydrogen-bond acceptors (Lipinski definition) is 6. The number of carbonyl (C=O) groups excluding carboxylic acids is 3. The normalized spacial score (nSPS) is 14.3. The van der Waals surface area contributed by atoms with Gasteiger partial charge in [0, 0.05) is 16.3 Å². The number of anilines is 1. The Kier molecular flexibility index (Phi) is 10.2. The van der Waals surface area contributed by atoms with Crippen LogP contribution in [-0.4, -0.2) is 35.1 Å². The molecule has 12 heteroatoms. The van der Waals surface area contributed by atoms with E-state index >= 15 is 0 Å². The first kappa shape index (κ1) is 31.7. The van der Waals surface area contributed by atoms with Crippen LogP contribution >= 0.6 is 23.4 Å². The molecule has 0 unspecified atom stereocenters. The standard InChI is InChI=1S/C31H26ClF3N2O5S/c1-3-6-21-13-20(14-25(41-4-2)28(21)42-18-19-9-11-23(32)12-10-19)15-26-29(39)37(30(40)43-26)17-27(38)36-24-8-5-7-22(16-24)31(33,34)35/h3,5,7-16H,1,4,6,17-18H2,2H3,(H,36,38)/b26-15-. The first-order valence-electron chi connectivity index (χ1n) is 13.0. The number of thioether (sulfide) groups is 1. The minimum Gasteiger partial charge on any atom is -0.490 e. The van der Waals surface area contributed by atoms with Crippen LogP contribution in [0.15, 0.2) is 78.2 Å². The number of benzene rings is 3. The number of nitrogens with one attached hydrogen (secondary N) is 1. The number of imide groups is 1. The van der Waals surface area contributed by atoms with E-state index in [1.807, 2.05) is 19.1 Å². The van der Waals surface area contributed by atoms with E-state index in [0.717, 1.165) is 34.2 Å². The van der Waals surface area contributed by atoms with Gasteiger partial charge in [-0.25, -0.2) is 0 Å². The molecule has 0 atom stereocenters. The van der Waals surface area contributed by atoms with Gasteiger partial charge in [0.25, 0.3) is 11.1 Å². The zero-order valence-corrected chi connectivity index (χ0v) is 24.4.